The van der Waals surface area contributed by atoms with E-state index < -0.39 is 0 Å². The Morgan fingerprint density at radius 3 is 2.70 bits per heavy atom. The number of nitrogens with zero attached hydrogens (tertiary/aromatic N) is 2. The Hall–Kier alpha value is -1.17. The van der Waals surface area contributed by atoms with Crippen molar-refractivity contribution in [2.45, 2.75) is 13.0 Å². The van der Waals surface area contributed by atoms with Gasteiger partial charge in [-0.15, -0.1) is 12.4 Å². The van der Waals surface area contributed by atoms with Crippen molar-refractivity contribution in [1.29, 1.82) is 0 Å². The summed E-state index contributed by atoms with van der Waals surface area (Å²) in [7, 11) is 2.01. The molecule has 1 aliphatic rings. The van der Waals surface area contributed by atoms with Crippen LogP contribution in [-0.2, 0) is 0 Å². The van der Waals surface area contributed by atoms with Crippen LogP contribution in [0.15, 0.2) is 18.2 Å². The number of nitrogens with two attached hydrogens (primary N) is 1. The minimum atomic E-state index is -0.373. The fourth-order valence-electron chi connectivity index (χ4n) is 2.51. The third-order valence-corrected chi connectivity index (χ3v) is 3.51. The van der Waals surface area contributed by atoms with Gasteiger partial charge in [-0.3, -0.25) is 4.79 Å². The highest BCUT2D eigenvalue weighted by molar-refractivity contribution is 5.94. The zero-order chi connectivity index (χ0) is 14.0. The number of hydrogen-bond acceptors (Lipinski definition) is 3. The van der Waals surface area contributed by atoms with Gasteiger partial charge in [0.25, 0.3) is 5.91 Å². The zero-order valence-electron chi connectivity index (χ0n) is 11.8. The Labute approximate surface area is 125 Å². The molecule has 6 heteroatoms. The van der Waals surface area contributed by atoms with E-state index in [1.807, 2.05) is 7.05 Å². The highest BCUT2D eigenvalue weighted by atomic mass is 35.5. The third kappa shape index (κ3) is 3.69. The summed E-state index contributed by atoms with van der Waals surface area (Å²) in [4.78, 5) is 16.4. The molecule has 0 aliphatic carbocycles. The number of halogens is 2. The molecule has 0 spiro atoms. The Bertz CT molecular complexity index is 463. The lowest BCUT2D eigenvalue weighted by atomic mass is 10.1. The van der Waals surface area contributed by atoms with Crippen molar-refractivity contribution in [2.75, 3.05) is 33.2 Å². The molecule has 0 aromatic heterocycles. The first-order valence-electron chi connectivity index (χ1n) is 6.48. The maximum Gasteiger partial charge on any atom is 0.254 e. The maximum absolute atomic E-state index is 13.4. The van der Waals surface area contributed by atoms with Gasteiger partial charge in [0.15, 0.2) is 0 Å². The van der Waals surface area contributed by atoms with E-state index >= 15 is 0 Å². The fraction of sp³-hybridized carbons (Fsp3) is 0.500. The predicted molar refractivity (Wildman–Crippen MR) is 79.8 cm³/mol. The molecule has 2 N–H and O–H groups in total. The Kier molecular flexibility index (Phi) is 5.92. The number of amides is 1. The van der Waals surface area contributed by atoms with E-state index in [0.29, 0.717) is 18.7 Å². The summed E-state index contributed by atoms with van der Waals surface area (Å²) >= 11 is 0. The average Bonchev–Trinajstić information content (AvgIpc) is 2.36. The first-order valence-corrected chi connectivity index (χ1v) is 6.48. The number of likely N-dealkylation sites (N-methyl/N-ethyl adjacent to an activating group) is 1. The SMILES string of the molecule is Cc1cc(F)cc(C(=O)N2CCN(C)CC2CN)c1.Cl. The van der Waals surface area contributed by atoms with E-state index in [1.165, 1.54) is 12.1 Å². The monoisotopic (exact) mass is 301 g/mol. The molecule has 1 aliphatic heterocycles. The predicted octanol–water partition coefficient (Wildman–Crippen LogP) is 1.27. The summed E-state index contributed by atoms with van der Waals surface area (Å²) in [6.07, 6.45) is 0. The van der Waals surface area contributed by atoms with Crippen LogP contribution in [0.25, 0.3) is 0 Å². The lowest BCUT2D eigenvalue weighted by molar-refractivity contribution is 0.0515. The van der Waals surface area contributed by atoms with E-state index in [-0.39, 0.29) is 30.2 Å². The Morgan fingerprint density at radius 2 is 2.10 bits per heavy atom. The fourth-order valence-corrected chi connectivity index (χ4v) is 2.51. The van der Waals surface area contributed by atoms with Crippen LogP contribution < -0.4 is 5.73 Å². The Morgan fingerprint density at radius 1 is 1.40 bits per heavy atom. The van der Waals surface area contributed by atoms with Crippen LogP contribution in [0, 0.1) is 12.7 Å². The van der Waals surface area contributed by atoms with Crippen LogP contribution >= 0.6 is 12.4 Å². The summed E-state index contributed by atoms with van der Waals surface area (Å²) in [5.74, 6) is -0.507. The van der Waals surface area contributed by atoms with Crippen molar-refractivity contribution >= 4 is 18.3 Å². The normalized spacial score (nSPS) is 19.6. The van der Waals surface area contributed by atoms with Crippen LogP contribution in [0.2, 0.25) is 0 Å². The summed E-state index contributed by atoms with van der Waals surface area (Å²) in [6.45, 7) is 4.41. The molecular formula is C14H21ClFN3O. The summed E-state index contributed by atoms with van der Waals surface area (Å²) in [5.41, 5.74) is 6.89. The molecule has 0 bridgehead atoms. The van der Waals surface area contributed by atoms with Gasteiger partial charge < -0.3 is 15.5 Å². The number of aryl methyl sites for hydroxylation is 1. The van der Waals surface area contributed by atoms with Crippen LogP contribution in [0.4, 0.5) is 4.39 Å². The van der Waals surface area contributed by atoms with E-state index in [0.717, 1.165) is 18.7 Å². The molecule has 20 heavy (non-hydrogen) atoms. The highest BCUT2D eigenvalue weighted by Crippen LogP contribution is 2.15. The van der Waals surface area contributed by atoms with Crippen molar-refractivity contribution in [1.82, 2.24) is 9.80 Å². The molecule has 1 atom stereocenters. The molecule has 1 aromatic carbocycles. The van der Waals surface area contributed by atoms with Crippen LogP contribution in [0.3, 0.4) is 0 Å². The molecule has 2 rings (SSSR count). The van der Waals surface area contributed by atoms with E-state index in [2.05, 4.69) is 4.90 Å². The van der Waals surface area contributed by atoms with Crippen molar-refractivity contribution in [3.8, 4) is 0 Å². The molecule has 1 amide bonds. The van der Waals surface area contributed by atoms with Gasteiger partial charge in [-0.05, 0) is 37.7 Å². The standard InChI is InChI=1S/C14H20FN3O.ClH/c1-10-5-11(7-12(15)6-10)14(19)18-4-3-17(2)9-13(18)8-16;/h5-7,13H,3-4,8-9,16H2,1-2H3;1H. The van der Waals surface area contributed by atoms with Crippen LogP contribution in [0.5, 0.6) is 0 Å². The van der Waals surface area contributed by atoms with E-state index in [4.69, 9.17) is 5.73 Å². The van der Waals surface area contributed by atoms with E-state index in [1.54, 1.807) is 17.9 Å². The molecular weight excluding hydrogens is 281 g/mol. The second kappa shape index (κ2) is 7.02. The number of carbonyl (C=O) groups excluding carboxylic acids is 1. The van der Waals surface area contributed by atoms with Gasteiger partial charge in [0.05, 0.1) is 6.04 Å². The van der Waals surface area contributed by atoms with Gasteiger partial charge in [0, 0.05) is 31.7 Å². The van der Waals surface area contributed by atoms with E-state index in [9.17, 15) is 9.18 Å². The zero-order valence-corrected chi connectivity index (χ0v) is 12.6. The van der Waals surface area contributed by atoms with Crippen molar-refractivity contribution in [3.05, 3.63) is 35.1 Å². The van der Waals surface area contributed by atoms with Crippen LogP contribution in [0.1, 0.15) is 15.9 Å². The smallest absolute Gasteiger partial charge is 0.254 e. The first-order chi connectivity index (χ1) is 9.01. The first kappa shape index (κ1) is 16.9. The van der Waals surface area contributed by atoms with Crippen molar-refractivity contribution in [3.63, 3.8) is 0 Å². The lowest BCUT2D eigenvalue weighted by Crippen LogP contribution is -2.56. The van der Waals surface area contributed by atoms with Gasteiger partial charge in [-0.25, -0.2) is 4.39 Å². The quantitative estimate of drug-likeness (QED) is 0.895. The van der Waals surface area contributed by atoms with Gasteiger partial charge >= 0.3 is 0 Å². The lowest BCUT2D eigenvalue weighted by Gasteiger charge is -2.39. The molecule has 1 aromatic rings. The highest BCUT2D eigenvalue weighted by Gasteiger charge is 2.28. The molecule has 1 fully saturated rings. The number of benzene rings is 1. The van der Waals surface area contributed by atoms with Crippen molar-refractivity contribution in [2.24, 2.45) is 5.73 Å². The Balaban J connectivity index is 0.00000200. The number of carbonyl (C=O) groups is 1. The van der Waals surface area contributed by atoms with Crippen molar-refractivity contribution < 1.29 is 9.18 Å². The molecule has 4 nitrogen and oxygen atoms in total. The summed E-state index contributed by atoms with van der Waals surface area (Å²) in [6, 6.07) is 4.43. The molecule has 0 saturated carbocycles. The minimum absolute atomic E-state index is 0. The van der Waals surface area contributed by atoms with Gasteiger partial charge in [-0.1, -0.05) is 0 Å². The maximum atomic E-state index is 13.4. The van der Waals surface area contributed by atoms with Gasteiger partial charge in [0.1, 0.15) is 5.82 Å². The minimum Gasteiger partial charge on any atom is -0.332 e. The molecule has 1 heterocycles. The largest absolute Gasteiger partial charge is 0.332 e. The number of rotatable bonds is 2. The van der Waals surface area contributed by atoms with Gasteiger partial charge in [-0.2, -0.15) is 0 Å². The molecule has 0 radical (unpaired) electrons. The second-order valence-electron chi connectivity index (χ2n) is 5.17. The number of piperazine rings is 1. The molecule has 112 valence electrons. The summed E-state index contributed by atoms with van der Waals surface area (Å²) < 4.78 is 13.4. The number of hydrogen-bond donors (Lipinski definition) is 1. The third-order valence-electron chi connectivity index (χ3n) is 3.51. The molecule has 1 saturated heterocycles. The van der Waals surface area contributed by atoms with Crippen LogP contribution in [-0.4, -0.2) is 55.0 Å². The topological polar surface area (TPSA) is 49.6 Å². The summed E-state index contributed by atoms with van der Waals surface area (Å²) in [5, 5.41) is 0. The van der Waals surface area contributed by atoms with Gasteiger partial charge in [0.2, 0.25) is 0 Å². The average molecular weight is 302 g/mol. The molecule has 1 unspecified atom stereocenters. The second-order valence-corrected chi connectivity index (χ2v) is 5.17.